The summed E-state index contributed by atoms with van der Waals surface area (Å²) in [6.07, 6.45) is 1.89. The molecule has 1 rings (SSSR count). The number of carbonyl (C=O) groups is 2. The van der Waals surface area contributed by atoms with Gasteiger partial charge in [-0.15, -0.1) is 0 Å². The number of nitrogen functional groups attached to an aromatic ring is 1. The number of unbranched alkanes of at least 4 members (excludes halogenated alkanes) is 1. The van der Waals surface area contributed by atoms with Gasteiger partial charge in [0.1, 0.15) is 5.75 Å². The third kappa shape index (κ3) is 6.16. The minimum absolute atomic E-state index is 0.264. The number of rotatable bonds is 8. The van der Waals surface area contributed by atoms with Gasteiger partial charge in [0.2, 0.25) is 0 Å². The number of nitrogens with two attached hydrogens (primary N) is 1. The Balaban J connectivity index is 2.53. The van der Waals surface area contributed by atoms with Gasteiger partial charge in [-0.3, -0.25) is 4.79 Å². The molecule has 6 heteroatoms. The van der Waals surface area contributed by atoms with Crippen LogP contribution in [0.5, 0.6) is 5.75 Å². The molecule has 0 aliphatic heterocycles. The van der Waals surface area contributed by atoms with E-state index in [0.717, 1.165) is 12.8 Å². The zero-order valence-electron chi connectivity index (χ0n) is 12.5. The molecule has 0 unspecified atom stereocenters. The highest BCUT2D eigenvalue weighted by molar-refractivity contribution is 5.92. The van der Waals surface area contributed by atoms with Crippen molar-refractivity contribution in [1.82, 2.24) is 5.32 Å². The fourth-order valence-corrected chi connectivity index (χ4v) is 1.66. The summed E-state index contributed by atoms with van der Waals surface area (Å²) in [6, 6.07) is 4.65. The van der Waals surface area contributed by atoms with Crippen LogP contribution in [0.25, 0.3) is 0 Å². The molecule has 0 heterocycles. The number of hydrogen-bond acceptors (Lipinski definition) is 5. The fraction of sp³-hybridized carbons (Fsp3) is 0.467. The maximum atomic E-state index is 11.9. The summed E-state index contributed by atoms with van der Waals surface area (Å²) in [5.41, 5.74) is 6.36. The first-order valence-corrected chi connectivity index (χ1v) is 7.04. The Morgan fingerprint density at radius 3 is 2.67 bits per heavy atom. The van der Waals surface area contributed by atoms with Crippen LogP contribution in [0.1, 0.15) is 37.0 Å². The van der Waals surface area contributed by atoms with E-state index in [2.05, 4.69) is 5.32 Å². The topological polar surface area (TPSA) is 90.7 Å². The smallest absolute Gasteiger partial charge is 0.338 e. The van der Waals surface area contributed by atoms with Crippen LogP contribution < -0.4 is 15.8 Å². The van der Waals surface area contributed by atoms with E-state index in [9.17, 15) is 9.59 Å². The van der Waals surface area contributed by atoms with Crippen molar-refractivity contribution in [2.24, 2.45) is 0 Å². The lowest BCUT2D eigenvalue weighted by Crippen LogP contribution is -2.29. The molecule has 1 amide bonds. The van der Waals surface area contributed by atoms with Gasteiger partial charge >= 0.3 is 5.97 Å². The summed E-state index contributed by atoms with van der Waals surface area (Å²) in [7, 11) is 0. The minimum Gasteiger partial charge on any atom is -0.494 e. The molecule has 0 aliphatic rings. The molecule has 0 atom stereocenters. The van der Waals surface area contributed by atoms with E-state index in [-0.39, 0.29) is 18.1 Å². The molecule has 0 saturated carbocycles. The van der Waals surface area contributed by atoms with Crippen LogP contribution in [0, 0.1) is 0 Å². The number of nitrogens with one attached hydrogen (secondary N) is 1. The lowest BCUT2D eigenvalue weighted by molar-refractivity contribution is -0.124. The first-order chi connectivity index (χ1) is 10.1. The average Bonchev–Trinajstić information content (AvgIpc) is 2.44. The van der Waals surface area contributed by atoms with Gasteiger partial charge < -0.3 is 20.5 Å². The van der Waals surface area contributed by atoms with Crippen molar-refractivity contribution in [1.29, 1.82) is 0 Å². The third-order valence-electron chi connectivity index (χ3n) is 2.66. The summed E-state index contributed by atoms with van der Waals surface area (Å²) in [6.45, 7) is 4.61. The van der Waals surface area contributed by atoms with E-state index in [0.29, 0.717) is 24.6 Å². The molecule has 0 fully saturated rings. The van der Waals surface area contributed by atoms with Gasteiger partial charge in [-0.05, 0) is 25.5 Å². The molecule has 21 heavy (non-hydrogen) atoms. The van der Waals surface area contributed by atoms with E-state index < -0.39 is 5.97 Å². The van der Waals surface area contributed by atoms with Gasteiger partial charge in [-0.2, -0.15) is 0 Å². The van der Waals surface area contributed by atoms with Crippen LogP contribution in [0.15, 0.2) is 18.2 Å². The number of esters is 1. The maximum absolute atomic E-state index is 11.9. The fourth-order valence-electron chi connectivity index (χ4n) is 1.66. The van der Waals surface area contributed by atoms with Crippen molar-refractivity contribution < 1.29 is 19.1 Å². The Kier molecular flexibility index (Phi) is 7.08. The number of ether oxygens (including phenoxy) is 2. The van der Waals surface area contributed by atoms with Crippen LogP contribution >= 0.6 is 0 Å². The Bertz CT molecular complexity index is 489. The molecular formula is C15H22N2O4. The number of carbonyl (C=O) groups excluding carboxylic acids is 2. The van der Waals surface area contributed by atoms with Gasteiger partial charge in [0, 0.05) is 18.3 Å². The van der Waals surface area contributed by atoms with Crippen molar-refractivity contribution in [2.75, 3.05) is 25.5 Å². The molecule has 0 spiro atoms. The number of anilines is 1. The zero-order chi connectivity index (χ0) is 15.7. The van der Waals surface area contributed by atoms with Crippen molar-refractivity contribution in [3.8, 4) is 5.75 Å². The summed E-state index contributed by atoms with van der Waals surface area (Å²) < 4.78 is 10.2. The van der Waals surface area contributed by atoms with Gasteiger partial charge in [0.15, 0.2) is 6.61 Å². The standard InChI is InChI=1S/C15H22N2O4/c1-3-5-6-17-14(18)10-21-15(19)11-7-12(16)9-13(8-11)20-4-2/h7-9H,3-6,10,16H2,1-2H3,(H,17,18). The van der Waals surface area contributed by atoms with Crippen molar-refractivity contribution in [3.05, 3.63) is 23.8 Å². The summed E-state index contributed by atoms with van der Waals surface area (Å²) in [4.78, 5) is 23.3. The van der Waals surface area contributed by atoms with Gasteiger partial charge in [-0.1, -0.05) is 13.3 Å². The van der Waals surface area contributed by atoms with Gasteiger partial charge in [0.05, 0.1) is 12.2 Å². The molecule has 0 saturated heterocycles. The lowest BCUT2D eigenvalue weighted by Gasteiger charge is -2.09. The monoisotopic (exact) mass is 294 g/mol. The van der Waals surface area contributed by atoms with Crippen LogP contribution in [0.4, 0.5) is 5.69 Å². The van der Waals surface area contributed by atoms with Gasteiger partial charge in [0.25, 0.3) is 5.91 Å². The van der Waals surface area contributed by atoms with E-state index in [1.54, 1.807) is 6.07 Å². The van der Waals surface area contributed by atoms with Crippen LogP contribution in [0.3, 0.4) is 0 Å². The van der Waals surface area contributed by atoms with E-state index in [1.807, 2.05) is 13.8 Å². The molecule has 116 valence electrons. The lowest BCUT2D eigenvalue weighted by atomic mass is 10.2. The van der Waals surface area contributed by atoms with Crippen LogP contribution in [0.2, 0.25) is 0 Å². The number of hydrogen-bond donors (Lipinski definition) is 2. The average molecular weight is 294 g/mol. The summed E-state index contributed by atoms with van der Waals surface area (Å²) in [5.74, 6) is -0.420. The second-order valence-electron chi connectivity index (χ2n) is 4.50. The Morgan fingerprint density at radius 2 is 2.00 bits per heavy atom. The highest BCUT2D eigenvalue weighted by atomic mass is 16.5. The Morgan fingerprint density at radius 1 is 1.24 bits per heavy atom. The van der Waals surface area contributed by atoms with E-state index >= 15 is 0 Å². The third-order valence-corrected chi connectivity index (χ3v) is 2.66. The first-order valence-electron chi connectivity index (χ1n) is 7.04. The summed E-state index contributed by atoms with van der Waals surface area (Å²) >= 11 is 0. The quantitative estimate of drug-likeness (QED) is 0.433. The van der Waals surface area contributed by atoms with Crippen LogP contribution in [-0.2, 0) is 9.53 Å². The van der Waals surface area contributed by atoms with Crippen molar-refractivity contribution >= 4 is 17.6 Å². The predicted octanol–water partition coefficient (Wildman–Crippen LogP) is 1.74. The second kappa shape index (κ2) is 8.84. The van der Waals surface area contributed by atoms with E-state index in [1.165, 1.54) is 12.1 Å². The molecule has 3 N–H and O–H groups in total. The molecule has 1 aromatic rings. The predicted molar refractivity (Wildman–Crippen MR) is 80.2 cm³/mol. The number of amides is 1. The normalized spacial score (nSPS) is 10.0. The highest BCUT2D eigenvalue weighted by Crippen LogP contribution is 2.19. The Hall–Kier alpha value is -2.24. The molecular weight excluding hydrogens is 272 g/mol. The largest absolute Gasteiger partial charge is 0.494 e. The van der Waals surface area contributed by atoms with E-state index in [4.69, 9.17) is 15.2 Å². The molecule has 0 bridgehead atoms. The molecule has 1 aromatic carbocycles. The molecule has 0 aromatic heterocycles. The minimum atomic E-state index is -0.603. The molecule has 0 radical (unpaired) electrons. The Labute approximate surface area is 124 Å². The second-order valence-corrected chi connectivity index (χ2v) is 4.50. The highest BCUT2D eigenvalue weighted by Gasteiger charge is 2.12. The maximum Gasteiger partial charge on any atom is 0.338 e. The van der Waals surface area contributed by atoms with Crippen molar-refractivity contribution in [3.63, 3.8) is 0 Å². The van der Waals surface area contributed by atoms with Crippen LogP contribution in [-0.4, -0.2) is 31.6 Å². The number of benzene rings is 1. The van der Waals surface area contributed by atoms with Gasteiger partial charge in [-0.25, -0.2) is 4.79 Å². The first kappa shape index (κ1) is 16.8. The van der Waals surface area contributed by atoms with Crippen molar-refractivity contribution in [2.45, 2.75) is 26.7 Å². The summed E-state index contributed by atoms with van der Waals surface area (Å²) in [5, 5.41) is 2.67. The SMILES string of the molecule is CCCCNC(=O)COC(=O)c1cc(N)cc(OCC)c1. The molecule has 6 nitrogen and oxygen atoms in total. The molecule has 0 aliphatic carbocycles. The zero-order valence-corrected chi connectivity index (χ0v) is 12.5.